The third kappa shape index (κ3) is 24.9. The Bertz CT molecular complexity index is 1520. The number of hydrogen-bond donors (Lipinski definition) is 12. The first-order valence-electron chi connectivity index (χ1n) is 28.7. The van der Waals surface area contributed by atoms with Crippen LogP contribution in [0.1, 0.15) is 181 Å². The van der Waals surface area contributed by atoms with Gasteiger partial charge in [-0.2, -0.15) is 0 Å². The molecule has 0 radical (unpaired) electrons. The zero-order valence-corrected chi connectivity index (χ0v) is 45.3. The van der Waals surface area contributed by atoms with Crippen molar-refractivity contribution in [2.24, 2.45) is 0 Å². The minimum Gasteiger partial charge on any atom is -0.394 e. The molecule has 438 valence electrons. The summed E-state index contributed by atoms with van der Waals surface area (Å²) in [6, 6.07) is -0.991. The summed E-state index contributed by atoms with van der Waals surface area (Å²) in [6.07, 6.45) is 14.2. The Balaban J connectivity index is 1.54. The van der Waals surface area contributed by atoms with Gasteiger partial charge in [-0.05, 0) is 44.9 Å². The molecule has 12 N–H and O–H groups in total. The largest absolute Gasteiger partial charge is 0.394 e. The lowest BCUT2D eigenvalue weighted by molar-refractivity contribution is -0.379. The average molecular weight is 1080 g/mol. The van der Waals surface area contributed by atoms with E-state index in [9.17, 15) is 61.0 Å². The Morgan fingerprint density at radius 2 is 0.853 bits per heavy atom. The number of nitrogens with one attached hydrogen (secondary N) is 1. The summed E-state index contributed by atoms with van der Waals surface area (Å²) >= 11 is 0. The average Bonchev–Trinajstić information content (AvgIpc) is 3.41. The van der Waals surface area contributed by atoms with Crippen LogP contribution < -0.4 is 5.32 Å². The van der Waals surface area contributed by atoms with Gasteiger partial charge in [-0.3, -0.25) is 4.79 Å². The van der Waals surface area contributed by atoms with Crippen molar-refractivity contribution in [3.8, 4) is 0 Å². The van der Waals surface area contributed by atoms with Gasteiger partial charge in [0.25, 0.3) is 0 Å². The number of rotatable bonds is 41. The van der Waals surface area contributed by atoms with Crippen LogP contribution >= 0.6 is 0 Å². The molecule has 19 heteroatoms. The molecule has 17 unspecified atom stereocenters. The summed E-state index contributed by atoms with van der Waals surface area (Å²) in [6.45, 7) is 1.66. The molecule has 3 saturated heterocycles. The molecule has 3 aliphatic rings. The van der Waals surface area contributed by atoms with Crippen molar-refractivity contribution in [2.45, 2.75) is 285 Å². The lowest BCUT2D eigenvalue weighted by atomic mass is 9.96. The summed E-state index contributed by atoms with van der Waals surface area (Å²) < 4.78 is 34.2. The van der Waals surface area contributed by atoms with Crippen LogP contribution in [0.2, 0.25) is 0 Å². The fourth-order valence-corrected chi connectivity index (χ4v) is 9.63. The quantitative estimate of drug-likeness (QED) is 0.0302. The van der Waals surface area contributed by atoms with Crippen molar-refractivity contribution in [1.82, 2.24) is 5.32 Å². The number of aliphatic hydroxyl groups is 11. The first-order chi connectivity index (χ1) is 36.3. The Hall–Kier alpha value is -1.99. The van der Waals surface area contributed by atoms with Gasteiger partial charge in [0.15, 0.2) is 18.9 Å². The van der Waals surface area contributed by atoms with Crippen molar-refractivity contribution in [3.05, 3.63) is 36.5 Å². The van der Waals surface area contributed by atoms with Crippen LogP contribution in [0.15, 0.2) is 36.5 Å². The molecule has 0 spiro atoms. The van der Waals surface area contributed by atoms with Crippen LogP contribution in [0.4, 0.5) is 0 Å². The zero-order chi connectivity index (χ0) is 54.8. The number of hydrogen-bond acceptors (Lipinski definition) is 18. The molecule has 75 heavy (non-hydrogen) atoms. The molecule has 3 heterocycles. The highest BCUT2D eigenvalue weighted by molar-refractivity contribution is 5.76. The van der Waals surface area contributed by atoms with Gasteiger partial charge in [-0.25, -0.2) is 0 Å². The van der Waals surface area contributed by atoms with Gasteiger partial charge in [0.1, 0.15) is 73.2 Å². The molecule has 3 fully saturated rings. The second-order valence-electron chi connectivity index (χ2n) is 20.7. The number of amides is 1. The molecule has 0 aromatic rings. The fraction of sp³-hybridized carbons (Fsp3) is 0.875. The summed E-state index contributed by atoms with van der Waals surface area (Å²) in [5, 5.41) is 120. The van der Waals surface area contributed by atoms with Crippen molar-refractivity contribution in [3.63, 3.8) is 0 Å². The van der Waals surface area contributed by atoms with Crippen LogP contribution in [0.3, 0.4) is 0 Å². The summed E-state index contributed by atoms with van der Waals surface area (Å²) in [4.78, 5) is 13.3. The highest BCUT2D eigenvalue weighted by Gasteiger charge is 2.53. The molecule has 3 rings (SSSR count). The van der Waals surface area contributed by atoms with E-state index in [1.165, 1.54) is 103 Å². The van der Waals surface area contributed by atoms with Crippen molar-refractivity contribution in [1.29, 1.82) is 0 Å². The van der Waals surface area contributed by atoms with Crippen molar-refractivity contribution in [2.75, 3.05) is 26.4 Å². The van der Waals surface area contributed by atoms with Crippen LogP contribution in [0.25, 0.3) is 0 Å². The maximum atomic E-state index is 13.3. The van der Waals surface area contributed by atoms with Crippen LogP contribution in [-0.2, 0) is 33.2 Å². The smallest absolute Gasteiger partial charge is 0.220 e. The number of carbonyl (C=O) groups excluding carboxylic acids is 1. The van der Waals surface area contributed by atoms with Gasteiger partial charge >= 0.3 is 0 Å². The first kappa shape index (κ1) is 67.3. The topological polar surface area (TPSA) is 307 Å². The van der Waals surface area contributed by atoms with E-state index in [-0.39, 0.29) is 18.9 Å². The first-order valence-corrected chi connectivity index (χ1v) is 28.7. The highest BCUT2D eigenvalue weighted by Crippen LogP contribution is 2.33. The molecule has 0 saturated carbocycles. The molecule has 0 aliphatic carbocycles. The molecule has 19 nitrogen and oxygen atoms in total. The van der Waals surface area contributed by atoms with Gasteiger partial charge in [-0.1, -0.05) is 166 Å². The van der Waals surface area contributed by atoms with E-state index < -0.39 is 124 Å². The number of carbonyl (C=O) groups is 1. The molecular weight excluding hydrogens is 975 g/mol. The van der Waals surface area contributed by atoms with E-state index in [4.69, 9.17) is 28.4 Å². The standard InChI is InChI=1S/C56H101NO18/c1-3-5-7-9-11-13-15-17-19-21-23-25-27-29-31-33-40(61)39(57-44(62)34-32-30-28-26-24-22-20-18-16-14-12-10-8-6-4-2)38-70-54-50(68)47(65)52(42(36-59)72-54)75-56-51(69)48(66)53(43(37-60)73-56)74-55-49(67)46(64)45(63)41(35-58)71-55/h15,17,23,25,31,33,39-43,45-56,58-61,63-69H,3-14,16,18-22,24,26-30,32,34-38H2,1-2H3,(H,57,62)/b17-15+,25-23+,33-31+. The molecule has 1 amide bonds. The second-order valence-corrected chi connectivity index (χ2v) is 20.7. The van der Waals surface area contributed by atoms with Gasteiger partial charge in [-0.15, -0.1) is 0 Å². The third-order valence-corrected chi connectivity index (χ3v) is 14.4. The van der Waals surface area contributed by atoms with Gasteiger partial charge < -0.3 is 89.9 Å². The molecule has 3 aliphatic heterocycles. The van der Waals surface area contributed by atoms with Gasteiger partial charge in [0, 0.05) is 6.42 Å². The minimum atomic E-state index is -1.98. The van der Waals surface area contributed by atoms with E-state index in [1.807, 2.05) is 6.08 Å². The van der Waals surface area contributed by atoms with E-state index >= 15 is 0 Å². The monoisotopic (exact) mass is 1080 g/mol. The van der Waals surface area contributed by atoms with Gasteiger partial charge in [0.05, 0.1) is 38.6 Å². The maximum absolute atomic E-state index is 13.3. The van der Waals surface area contributed by atoms with E-state index in [0.717, 1.165) is 44.9 Å². The molecular formula is C56H101NO18. The third-order valence-electron chi connectivity index (χ3n) is 14.4. The Morgan fingerprint density at radius 1 is 0.467 bits per heavy atom. The number of unbranched alkanes of at least 4 members (excludes halogenated alkanes) is 21. The Kier molecular flexibility index (Phi) is 36.1. The van der Waals surface area contributed by atoms with Crippen LogP contribution in [0, 0.1) is 0 Å². The predicted molar refractivity (Wildman–Crippen MR) is 282 cm³/mol. The second kappa shape index (κ2) is 40.2. The predicted octanol–water partition coefficient (Wildman–Crippen LogP) is 4.15. The highest BCUT2D eigenvalue weighted by atomic mass is 16.8. The minimum absolute atomic E-state index is 0.235. The SMILES string of the molecule is CCCCCCC/C=C/CC/C=C/CC/C=C/C(O)C(COC1OC(CO)C(OC2OC(CO)C(OC3OC(CO)C(O)C(O)C3O)C(O)C2O)C(O)C1O)NC(=O)CCCCCCCCCCCCCCCCC. The Morgan fingerprint density at radius 3 is 1.33 bits per heavy atom. The van der Waals surface area contributed by atoms with Crippen LogP contribution in [0.5, 0.6) is 0 Å². The van der Waals surface area contributed by atoms with Crippen molar-refractivity contribution >= 4 is 5.91 Å². The zero-order valence-electron chi connectivity index (χ0n) is 45.3. The summed E-state index contributed by atoms with van der Waals surface area (Å²) in [7, 11) is 0. The lowest BCUT2D eigenvalue weighted by Crippen LogP contribution is -2.66. The fourth-order valence-electron chi connectivity index (χ4n) is 9.63. The molecule has 0 aromatic heterocycles. The normalized spacial score (nSPS) is 31.5. The Labute approximate surface area is 447 Å². The number of ether oxygens (including phenoxy) is 6. The summed E-state index contributed by atoms with van der Waals surface area (Å²) in [5.74, 6) is -0.290. The van der Waals surface area contributed by atoms with Gasteiger partial charge in [0.2, 0.25) is 5.91 Å². The van der Waals surface area contributed by atoms with E-state index in [2.05, 4.69) is 43.5 Å². The van der Waals surface area contributed by atoms with Crippen molar-refractivity contribution < 1.29 is 89.4 Å². The van der Waals surface area contributed by atoms with E-state index in [0.29, 0.717) is 12.8 Å². The molecule has 0 aromatic carbocycles. The number of allylic oxidation sites excluding steroid dienone is 5. The maximum Gasteiger partial charge on any atom is 0.220 e. The number of aliphatic hydroxyl groups excluding tert-OH is 11. The lowest BCUT2D eigenvalue weighted by Gasteiger charge is -2.48. The van der Waals surface area contributed by atoms with E-state index in [1.54, 1.807) is 6.08 Å². The summed E-state index contributed by atoms with van der Waals surface area (Å²) in [5.41, 5.74) is 0. The van der Waals surface area contributed by atoms with Crippen LogP contribution in [-0.4, -0.2) is 193 Å². The molecule has 17 atom stereocenters. The molecule has 0 bridgehead atoms.